The van der Waals surface area contributed by atoms with E-state index in [1.54, 1.807) is 14.2 Å². The van der Waals surface area contributed by atoms with Gasteiger partial charge in [0.05, 0.1) is 0 Å². The van der Waals surface area contributed by atoms with Gasteiger partial charge in [-0.15, -0.1) is 24.0 Å². The molecule has 0 bridgehead atoms. The fraction of sp³-hybridized carbons (Fsp3) is 0.562. The molecule has 0 heterocycles. The number of ether oxygens (including phenoxy) is 1. The van der Waals surface area contributed by atoms with Gasteiger partial charge in [-0.1, -0.05) is 23.7 Å². The molecule has 0 atom stereocenters. The zero-order valence-corrected chi connectivity index (χ0v) is 16.5. The number of hydrogen-bond acceptors (Lipinski definition) is 2. The maximum Gasteiger partial charge on any atom is 0.190 e. The van der Waals surface area contributed by atoms with Crippen LogP contribution in [-0.4, -0.2) is 39.8 Å². The molecule has 0 saturated carbocycles. The average Bonchev–Trinajstić information content (AvgIpc) is 2.49. The lowest BCUT2D eigenvalue weighted by Crippen LogP contribution is -2.38. The van der Waals surface area contributed by atoms with Gasteiger partial charge in [-0.2, -0.15) is 0 Å². The van der Waals surface area contributed by atoms with Crippen LogP contribution in [0.25, 0.3) is 0 Å². The van der Waals surface area contributed by atoms with Gasteiger partial charge in [-0.3, -0.25) is 4.99 Å². The number of hydrogen-bond donors (Lipinski definition) is 2. The minimum atomic E-state index is 0. The number of benzene rings is 1. The first-order chi connectivity index (χ1) is 10.3. The molecule has 0 aromatic heterocycles. The Labute approximate surface area is 156 Å². The van der Waals surface area contributed by atoms with Gasteiger partial charge < -0.3 is 15.4 Å². The van der Waals surface area contributed by atoms with Crippen molar-refractivity contribution in [3.05, 3.63) is 34.9 Å². The average molecular weight is 440 g/mol. The molecule has 0 aliphatic heterocycles. The number of nitrogens with zero attached hydrogens (tertiary/aromatic N) is 1. The van der Waals surface area contributed by atoms with E-state index in [9.17, 15) is 0 Å². The maximum atomic E-state index is 5.97. The van der Waals surface area contributed by atoms with E-state index >= 15 is 0 Å². The van der Waals surface area contributed by atoms with Crippen molar-refractivity contribution in [2.45, 2.75) is 25.7 Å². The zero-order chi connectivity index (χ0) is 15.3. The first-order valence-electron chi connectivity index (χ1n) is 7.44. The summed E-state index contributed by atoms with van der Waals surface area (Å²) in [5, 5.41) is 7.41. The predicted molar refractivity (Wildman–Crippen MR) is 106 cm³/mol. The van der Waals surface area contributed by atoms with Crippen molar-refractivity contribution < 1.29 is 4.74 Å². The van der Waals surface area contributed by atoms with Gasteiger partial charge in [-0.05, 0) is 43.4 Å². The van der Waals surface area contributed by atoms with Crippen molar-refractivity contribution in [3.63, 3.8) is 0 Å². The van der Waals surface area contributed by atoms with E-state index in [0.29, 0.717) is 0 Å². The van der Waals surface area contributed by atoms with E-state index in [0.717, 1.165) is 49.9 Å². The number of halogens is 2. The van der Waals surface area contributed by atoms with Gasteiger partial charge in [0.15, 0.2) is 5.96 Å². The largest absolute Gasteiger partial charge is 0.385 e. The molecule has 1 rings (SSSR count). The fourth-order valence-electron chi connectivity index (χ4n) is 1.99. The summed E-state index contributed by atoms with van der Waals surface area (Å²) in [6.07, 6.45) is 4.33. The minimum Gasteiger partial charge on any atom is -0.385 e. The van der Waals surface area contributed by atoms with Crippen LogP contribution in [0, 0.1) is 0 Å². The van der Waals surface area contributed by atoms with Gasteiger partial charge in [0, 0.05) is 38.9 Å². The van der Waals surface area contributed by atoms with Gasteiger partial charge >= 0.3 is 0 Å². The smallest absolute Gasteiger partial charge is 0.190 e. The number of methoxy groups -OCH3 is 1. The number of unbranched alkanes of at least 4 members (excludes halogenated alkanes) is 2. The molecular weight excluding hydrogens is 413 g/mol. The van der Waals surface area contributed by atoms with Crippen molar-refractivity contribution >= 4 is 41.5 Å². The van der Waals surface area contributed by atoms with Crippen LogP contribution in [0.15, 0.2) is 29.3 Å². The molecule has 0 aliphatic carbocycles. The summed E-state index contributed by atoms with van der Waals surface area (Å²) in [6, 6.07) is 7.95. The Bertz CT molecular complexity index is 430. The highest BCUT2D eigenvalue weighted by molar-refractivity contribution is 14.0. The van der Waals surface area contributed by atoms with Crippen LogP contribution in [0.3, 0.4) is 0 Å². The third-order valence-corrected chi connectivity index (χ3v) is 3.37. The lowest BCUT2D eigenvalue weighted by molar-refractivity contribution is 0.192. The Balaban J connectivity index is 0.00000441. The monoisotopic (exact) mass is 439 g/mol. The highest BCUT2D eigenvalue weighted by Gasteiger charge is 1.98. The second-order valence-electron chi connectivity index (χ2n) is 4.86. The molecule has 6 heteroatoms. The van der Waals surface area contributed by atoms with E-state index in [2.05, 4.69) is 21.7 Å². The molecule has 0 unspecified atom stereocenters. The van der Waals surface area contributed by atoms with E-state index in [1.165, 1.54) is 12.0 Å². The first-order valence-corrected chi connectivity index (χ1v) is 7.82. The second kappa shape index (κ2) is 14.1. The van der Waals surface area contributed by atoms with Crippen LogP contribution >= 0.6 is 35.6 Å². The van der Waals surface area contributed by atoms with Crippen LogP contribution in [0.4, 0.5) is 0 Å². The lowest BCUT2D eigenvalue weighted by Gasteiger charge is -2.12. The Hall–Kier alpha value is -0.530. The minimum absolute atomic E-state index is 0. The molecule has 1 aromatic carbocycles. The molecule has 0 radical (unpaired) electrons. The predicted octanol–water partition coefficient (Wildman–Crippen LogP) is 3.48. The first kappa shape index (κ1) is 21.5. The molecule has 1 aromatic rings. The van der Waals surface area contributed by atoms with Crippen LogP contribution in [0.2, 0.25) is 5.02 Å². The molecule has 0 fully saturated rings. The Morgan fingerprint density at radius 1 is 1.18 bits per heavy atom. The van der Waals surface area contributed by atoms with Crippen LogP contribution in [0.5, 0.6) is 0 Å². The second-order valence-corrected chi connectivity index (χ2v) is 5.30. The van der Waals surface area contributed by atoms with Gasteiger partial charge in [0.1, 0.15) is 0 Å². The summed E-state index contributed by atoms with van der Waals surface area (Å²) < 4.78 is 5.03. The summed E-state index contributed by atoms with van der Waals surface area (Å²) in [5.41, 5.74) is 1.23. The van der Waals surface area contributed by atoms with E-state index in [-0.39, 0.29) is 24.0 Å². The van der Waals surface area contributed by atoms with Crippen molar-refractivity contribution in [3.8, 4) is 0 Å². The van der Waals surface area contributed by atoms with E-state index < -0.39 is 0 Å². The summed E-state index contributed by atoms with van der Waals surface area (Å²) in [4.78, 5) is 4.21. The van der Waals surface area contributed by atoms with E-state index in [4.69, 9.17) is 16.3 Å². The molecule has 0 saturated heterocycles. The molecule has 2 N–H and O–H groups in total. The number of nitrogens with one attached hydrogen (secondary N) is 2. The van der Waals surface area contributed by atoms with Gasteiger partial charge in [0.25, 0.3) is 0 Å². The summed E-state index contributed by atoms with van der Waals surface area (Å²) in [5.74, 6) is 0.851. The van der Waals surface area contributed by atoms with Gasteiger partial charge in [0.2, 0.25) is 0 Å². The highest BCUT2D eigenvalue weighted by Crippen LogP contribution is 2.10. The van der Waals surface area contributed by atoms with Gasteiger partial charge in [-0.25, -0.2) is 0 Å². The topological polar surface area (TPSA) is 45.7 Å². The number of guanidine groups is 1. The molecule has 0 aliphatic rings. The lowest BCUT2D eigenvalue weighted by atomic mass is 10.1. The zero-order valence-electron chi connectivity index (χ0n) is 13.4. The maximum absolute atomic E-state index is 5.97. The van der Waals surface area contributed by atoms with Crippen molar-refractivity contribution in [2.75, 3.05) is 33.9 Å². The molecule has 0 amide bonds. The third kappa shape index (κ3) is 10.2. The molecule has 0 spiro atoms. The SMILES string of the molecule is CN=C(NCCCCCOC)NCCc1cccc(Cl)c1.I. The van der Waals surface area contributed by atoms with Crippen LogP contribution in [-0.2, 0) is 11.2 Å². The normalized spacial score (nSPS) is 11.0. The van der Waals surface area contributed by atoms with Crippen molar-refractivity contribution in [1.29, 1.82) is 0 Å². The molecule has 4 nitrogen and oxygen atoms in total. The molecular formula is C16H27ClIN3O. The third-order valence-electron chi connectivity index (χ3n) is 3.14. The van der Waals surface area contributed by atoms with Crippen LogP contribution in [0.1, 0.15) is 24.8 Å². The van der Waals surface area contributed by atoms with Crippen molar-refractivity contribution in [1.82, 2.24) is 10.6 Å². The summed E-state index contributed by atoms with van der Waals surface area (Å²) in [6.45, 7) is 2.61. The van der Waals surface area contributed by atoms with Crippen molar-refractivity contribution in [2.24, 2.45) is 4.99 Å². The van der Waals surface area contributed by atoms with Crippen LogP contribution < -0.4 is 10.6 Å². The standard InChI is InChI=1S/C16H26ClN3O.HI/c1-18-16(19-10-4-3-5-12-21-2)20-11-9-14-7-6-8-15(17)13-14;/h6-8,13H,3-5,9-12H2,1-2H3,(H2,18,19,20);1H. The molecule has 126 valence electrons. The fourth-order valence-corrected chi connectivity index (χ4v) is 2.21. The number of aliphatic imine (C=N–C) groups is 1. The molecule has 22 heavy (non-hydrogen) atoms. The Kier molecular flexibility index (Phi) is 13.7. The van der Waals surface area contributed by atoms with E-state index in [1.807, 2.05) is 18.2 Å². The Morgan fingerprint density at radius 3 is 2.64 bits per heavy atom. The highest BCUT2D eigenvalue weighted by atomic mass is 127. The quantitative estimate of drug-likeness (QED) is 0.268. The summed E-state index contributed by atoms with van der Waals surface area (Å²) in [7, 11) is 3.53. The Morgan fingerprint density at radius 2 is 1.95 bits per heavy atom. The number of rotatable bonds is 9. The summed E-state index contributed by atoms with van der Waals surface area (Å²) >= 11 is 5.97.